The van der Waals surface area contributed by atoms with Gasteiger partial charge in [-0.15, -0.1) is 11.3 Å². The first-order valence-corrected chi connectivity index (χ1v) is 6.41. The number of hydrazine groups is 1. The molecule has 1 unspecified atom stereocenters. The molecule has 0 saturated carbocycles. The predicted octanol–water partition coefficient (Wildman–Crippen LogP) is -0.943. The molecule has 1 rings (SSSR count). The number of rotatable bonds is 6. The minimum Gasteiger partial charge on any atom is -0.302 e. The molecule has 6 nitrogen and oxygen atoms in total. The lowest BCUT2D eigenvalue weighted by Crippen LogP contribution is -2.45. The van der Waals surface area contributed by atoms with Crippen molar-refractivity contribution in [3.8, 4) is 0 Å². The largest absolute Gasteiger partial charge is 0.302 e. The third kappa shape index (κ3) is 3.36. The highest BCUT2D eigenvalue weighted by molar-refractivity contribution is 7.91. The smallest absolute Gasteiger partial charge is 0.250 e. The van der Waals surface area contributed by atoms with E-state index in [0.717, 1.165) is 11.3 Å². The molecule has 8 heteroatoms. The van der Waals surface area contributed by atoms with Crippen molar-refractivity contribution in [1.82, 2.24) is 10.1 Å². The van der Waals surface area contributed by atoms with Crippen molar-refractivity contribution in [2.24, 2.45) is 5.84 Å². The van der Waals surface area contributed by atoms with E-state index in [0.29, 0.717) is 6.29 Å². The van der Waals surface area contributed by atoms with E-state index in [1.54, 1.807) is 11.4 Å². The Hall–Kier alpha value is -0.800. The maximum Gasteiger partial charge on any atom is 0.250 e. The summed E-state index contributed by atoms with van der Waals surface area (Å²) < 4.78 is 25.6. The third-order valence-electron chi connectivity index (χ3n) is 1.63. The molecule has 0 bridgehead atoms. The van der Waals surface area contributed by atoms with E-state index in [1.807, 2.05) is 0 Å². The number of sulfonamides is 1. The Morgan fingerprint density at radius 2 is 2.33 bits per heavy atom. The van der Waals surface area contributed by atoms with Crippen LogP contribution >= 0.6 is 11.3 Å². The lowest BCUT2D eigenvalue weighted by molar-refractivity contribution is -0.109. The van der Waals surface area contributed by atoms with Crippen LogP contribution in [0.25, 0.3) is 0 Å². The second-order valence-corrected chi connectivity index (χ2v) is 5.63. The van der Waals surface area contributed by atoms with E-state index in [1.165, 1.54) is 6.07 Å². The van der Waals surface area contributed by atoms with Gasteiger partial charge >= 0.3 is 0 Å². The third-order valence-corrected chi connectivity index (χ3v) is 4.45. The second kappa shape index (κ2) is 5.33. The molecule has 1 heterocycles. The molecule has 84 valence electrons. The van der Waals surface area contributed by atoms with Crippen LogP contribution in [0.1, 0.15) is 0 Å². The fraction of sp³-hybridized carbons (Fsp3) is 0.286. The Bertz CT molecular complexity index is 401. The van der Waals surface area contributed by atoms with E-state index < -0.39 is 16.1 Å². The summed E-state index contributed by atoms with van der Waals surface area (Å²) in [5, 5.41) is 1.66. The summed E-state index contributed by atoms with van der Waals surface area (Å²) in [6.45, 7) is -0.0692. The van der Waals surface area contributed by atoms with Crippen LogP contribution in [-0.2, 0) is 14.8 Å². The summed E-state index contributed by atoms with van der Waals surface area (Å²) >= 11 is 1.11. The Morgan fingerprint density at radius 3 is 2.80 bits per heavy atom. The van der Waals surface area contributed by atoms with Gasteiger partial charge in [0.2, 0.25) is 10.0 Å². The minimum atomic E-state index is -3.52. The first kappa shape index (κ1) is 12.3. The minimum absolute atomic E-state index is 0.0692. The van der Waals surface area contributed by atoms with Crippen molar-refractivity contribution in [1.29, 1.82) is 0 Å². The number of nitrogens with two attached hydrogens (primary N) is 1. The van der Waals surface area contributed by atoms with Crippen LogP contribution < -0.4 is 16.0 Å². The van der Waals surface area contributed by atoms with Crippen molar-refractivity contribution in [3.63, 3.8) is 0 Å². The molecule has 0 aromatic carbocycles. The highest BCUT2D eigenvalue weighted by Gasteiger charge is 2.16. The summed E-state index contributed by atoms with van der Waals surface area (Å²) in [5.41, 5.74) is 2.18. The first-order chi connectivity index (χ1) is 7.10. The van der Waals surface area contributed by atoms with Gasteiger partial charge in [0, 0.05) is 6.54 Å². The van der Waals surface area contributed by atoms with Gasteiger partial charge in [0.15, 0.2) is 0 Å². The summed E-state index contributed by atoms with van der Waals surface area (Å²) in [6, 6.07) is 2.40. The maximum absolute atomic E-state index is 11.5. The quantitative estimate of drug-likeness (QED) is 0.343. The monoisotopic (exact) mass is 249 g/mol. The van der Waals surface area contributed by atoms with Crippen LogP contribution in [0.15, 0.2) is 21.7 Å². The fourth-order valence-corrected chi connectivity index (χ4v) is 2.93. The van der Waals surface area contributed by atoms with Gasteiger partial charge in [0.1, 0.15) is 10.5 Å². The Morgan fingerprint density at radius 1 is 1.60 bits per heavy atom. The number of thiophene rings is 1. The molecule has 0 amide bonds. The number of hydrogen-bond donors (Lipinski definition) is 3. The highest BCUT2D eigenvalue weighted by atomic mass is 32.2. The Balaban J connectivity index is 2.62. The van der Waals surface area contributed by atoms with Crippen molar-refractivity contribution in [2.45, 2.75) is 10.3 Å². The zero-order valence-corrected chi connectivity index (χ0v) is 9.35. The Kier molecular flexibility index (Phi) is 4.36. The number of aldehydes is 1. The average Bonchev–Trinajstić information content (AvgIpc) is 2.72. The molecule has 1 aromatic heterocycles. The molecular formula is C7H11N3O3S2. The molecule has 0 aliphatic carbocycles. The molecule has 1 atom stereocenters. The lowest BCUT2D eigenvalue weighted by atomic mass is 10.4. The van der Waals surface area contributed by atoms with E-state index in [-0.39, 0.29) is 10.8 Å². The van der Waals surface area contributed by atoms with E-state index in [4.69, 9.17) is 5.84 Å². The zero-order valence-electron chi connectivity index (χ0n) is 7.71. The summed E-state index contributed by atoms with van der Waals surface area (Å²) in [6.07, 6.45) is 0.539. The molecule has 0 aliphatic rings. The maximum atomic E-state index is 11.5. The van der Waals surface area contributed by atoms with E-state index >= 15 is 0 Å². The normalized spacial score (nSPS) is 13.7. The fourth-order valence-electron chi connectivity index (χ4n) is 0.833. The number of hydrogen-bond acceptors (Lipinski definition) is 6. The van der Waals surface area contributed by atoms with E-state index in [9.17, 15) is 13.2 Å². The molecule has 0 saturated heterocycles. The van der Waals surface area contributed by atoms with Crippen molar-refractivity contribution in [3.05, 3.63) is 17.5 Å². The van der Waals surface area contributed by atoms with Crippen LogP contribution in [0.2, 0.25) is 0 Å². The summed E-state index contributed by atoms with van der Waals surface area (Å²) in [4.78, 5) is 10.4. The van der Waals surface area contributed by atoms with Crippen LogP contribution in [0.3, 0.4) is 0 Å². The molecule has 0 fully saturated rings. The Labute approximate surface area is 91.5 Å². The van der Waals surface area contributed by atoms with E-state index in [2.05, 4.69) is 10.1 Å². The van der Waals surface area contributed by atoms with Crippen molar-refractivity contribution in [2.75, 3.05) is 6.54 Å². The standard InChI is InChI=1S/C7H11N3O3S2/c8-10-6(5-11)4-9-15(12,13)7-2-1-3-14-7/h1-3,5-6,9-10H,4,8H2. The number of carbonyl (C=O) groups is 1. The van der Waals surface area contributed by atoms with Gasteiger partial charge < -0.3 is 4.79 Å². The van der Waals surface area contributed by atoms with Gasteiger partial charge in [-0.25, -0.2) is 18.6 Å². The number of carbonyl (C=O) groups excluding carboxylic acids is 1. The predicted molar refractivity (Wildman–Crippen MR) is 56.7 cm³/mol. The molecule has 0 spiro atoms. The zero-order chi connectivity index (χ0) is 11.3. The van der Waals surface area contributed by atoms with Crippen LogP contribution in [0, 0.1) is 0 Å². The van der Waals surface area contributed by atoms with Crippen molar-refractivity contribution < 1.29 is 13.2 Å². The van der Waals surface area contributed by atoms with Gasteiger partial charge in [-0.1, -0.05) is 6.07 Å². The van der Waals surface area contributed by atoms with Crippen LogP contribution in [0.5, 0.6) is 0 Å². The SMILES string of the molecule is NNC(C=O)CNS(=O)(=O)c1cccs1. The van der Waals surface area contributed by atoms with Gasteiger partial charge in [-0.2, -0.15) is 0 Å². The van der Waals surface area contributed by atoms with Crippen LogP contribution in [0.4, 0.5) is 0 Å². The molecular weight excluding hydrogens is 238 g/mol. The van der Waals surface area contributed by atoms with Gasteiger partial charge in [0.25, 0.3) is 0 Å². The summed E-state index contributed by atoms with van der Waals surface area (Å²) in [5.74, 6) is 5.02. The average molecular weight is 249 g/mol. The van der Waals surface area contributed by atoms with Gasteiger partial charge in [-0.3, -0.25) is 5.84 Å². The molecule has 4 N–H and O–H groups in total. The number of nitrogens with one attached hydrogen (secondary N) is 2. The highest BCUT2D eigenvalue weighted by Crippen LogP contribution is 2.14. The molecule has 15 heavy (non-hydrogen) atoms. The lowest BCUT2D eigenvalue weighted by Gasteiger charge is -2.09. The van der Waals surface area contributed by atoms with Crippen molar-refractivity contribution >= 4 is 27.6 Å². The topological polar surface area (TPSA) is 101 Å². The summed E-state index contributed by atoms with van der Waals surface area (Å²) in [7, 11) is -3.52. The van der Waals surface area contributed by atoms with Gasteiger partial charge in [0.05, 0.1) is 6.04 Å². The molecule has 0 aliphatic heterocycles. The first-order valence-electron chi connectivity index (χ1n) is 4.04. The second-order valence-electron chi connectivity index (χ2n) is 2.69. The van der Waals surface area contributed by atoms with Gasteiger partial charge in [-0.05, 0) is 11.4 Å². The molecule has 1 aromatic rings. The molecule has 0 radical (unpaired) electrons. The van der Waals surface area contributed by atoms with Crippen LogP contribution in [-0.4, -0.2) is 27.3 Å².